The Hall–Kier alpha value is -4.08. The number of carbonyl (C=O) groups excluding carboxylic acids is 1. The summed E-state index contributed by atoms with van der Waals surface area (Å²) in [4.78, 5) is 34.6. The molecule has 140 valence electrons. The van der Waals surface area contributed by atoms with Crippen LogP contribution in [0.5, 0.6) is 0 Å². The normalized spacial score (nSPS) is 10.9. The van der Waals surface area contributed by atoms with Gasteiger partial charge in [-0.1, -0.05) is 12.1 Å². The SMILES string of the molecule is O=C(NCCc1nc2ccccc2[nH]1)c1ccc(-n2cncn2)c([N+](=O)[O-])c1. The number of H-pyrrole nitrogens is 1. The van der Waals surface area contributed by atoms with Crippen molar-refractivity contribution in [3.63, 3.8) is 0 Å². The van der Waals surface area contributed by atoms with Gasteiger partial charge in [-0.25, -0.2) is 14.6 Å². The molecule has 0 bridgehead atoms. The number of aromatic amines is 1. The number of imidazole rings is 1. The summed E-state index contributed by atoms with van der Waals surface area (Å²) in [7, 11) is 0. The highest BCUT2D eigenvalue weighted by Crippen LogP contribution is 2.23. The second-order valence-corrected chi connectivity index (χ2v) is 6.01. The van der Waals surface area contributed by atoms with Crippen LogP contribution in [0.3, 0.4) is 0 Å². The zero-order chi connectivity index (χ0) is 19.5. The van der Waals surface area contributed by atoms with Crippen molar-refractivity contribution in [2.24, 2.45) is 0 Å². The molecule has 0 saturated heterocycles. The lowest BCUT2D eigenvalue weighted by Crippen LogP contribution is -2.26. The lowest BCUT2D eigenvalue weighted by molar-refractivity contribution is -0.384. The number of carbonyl (C=O) groups is 1. The summed E-state index contributed by atoms with van der Waals surface area (Å²) in [6.45, 7) is 0.345. The molecule has 0 atom stereocenters. The number of fused-ring (bicyclic) bond motifs is 1. The average Bonchev–Trinajstić information content (AvgIpc) is 3.36. The molecular weight excluding hydrogens is 362 g/mol. The molecule has 2 aromatic carbocycles. The highest BCUT2D eigenvalue weighted by atomic mass is 16.6. The van der Waals surface area contributed by atoms with E-state index in [2.05, 4.69) is 25.4 Å². The summed E-state index contributed by atoms with van der Waals surface area (Å²) in [6, 6.07) is 11.9. The Morgan fingerprint density at radius 1 is 1.25 bits per heavy atom. The second-order valence-electron chi connectivity index (χ2n) is 6.01. The standard InChI is InChI=1S/C18H15N7O3/c26-18(20-8-7-17-22-13-3-1-2-4-14(13)23-17)12-5-6-15(16(9-12)25(27)28)24-11-19-10-21-24/h1-6,9-11H,7-8H2,(H,20,26)(H,22,23). The van der Waals surface area contributed by atoms with Crippen molar-refractivity contribution in [3.8, 4) is 5.69 Å². The van der Waals surface area contributed by atoms with Crippen LogP contribution in [-0.4, -0.2) is 42.1 Å². The summed E-state index contributed by atoms with van der Waals surface area (Å²) >= 11 is 0. The summed E-state index contributed by atoms with van der Waals surface area (Å²) in [5.41, 5.74) is 2.00. The highest BCUT2D eigenvalue weighted by Gasteiger charge is 2.19. The van der Waals surface area contributed by atoms with Crippen molar-refractivity contribution in [1.82, 2.24) is 30.0 Å². The van der Waals surface area contributed by atoms with E-state index in [1.165, 1.54) is 35.5 Å². The van der Waals surface area contributed by atoms with Crippen molar-refractivity contribution >= 4 is 22.6 Å². The molecule has 0 aliphatic carbocycles. The van der Waals surface area contributed by atoms with E-state index in [1.54, 1.807) is 0 Å². The molecule has 10 heteroatoms. The van der Waals surface area contributed by atoms with E-state index in [-0.39, 0.29) is 16.9 Å². The van der Waals surface area contributed by atoms with E-state index in [1.807, 2.05) is 24.3 Å². The van der Waals surface area contributed by atoms with E-state index in [0.29, 0.717) is 13.0 Å². The quantitative estimate of drug-likeness (QED) is 0.390. The summed E-state index contributed by atoms with van der Waals surface area (Å²) in [5.74, 6) is 0.360. The minimum absolute atomic E-state index is 0.195. The molecule has 2 aromatic heterocycles. The van der Waals surface area contributed by atoms with Crippen LogP contribution in [0.4, 0.5) is 5.69 Å². The Balaban J connectivity index is 1.45. The lowest BCUT2D eigenvalue weighted by atomic mass is 10.1. The zero-order valence-corrected chi connectivity index (χ0v) is 14.6. The first-order valence-corrected chi connectivity index (χ1v) is 8.47. The molecule has 1 amide bonds. The van der Waals surface area contributed by atoms with Gasteiger partial charge in [0.1, 0.15) is 24.2 Å². The number of rotatable bonds is 6. The van der Waals surface area contributed by atoms with Crippen molar-refractivity contribution in [2.75, 3.05) is 6.54 Å². The fourth-order valence-corrected chi connectivity index (χ4v) is 2.86. The number of benzene rings is 2. The van der Waals surface area contributed by atoms with Gasteiger partial charge in [-0.05, 0) is 24.3 Å². The number of hydrogen-bond donors (Lipinski definition) is 2. The molecule has 0 aliphatic rings. The van der Waals surface area contributed by atoms with Crippen molar-refractivity contribution in [1.29, 1.82) is 0 Å². The molecule has 0 unspecified atom stereocenters. The van der Waals surface area contributed by atoms with Crippen LogP contribution in [0.2, 0.25) is 0 Å². The molecule has 0 aliphatic heterocycles. The molecular formula is C18H15N7O3. The maximum absolute atomic E-state index is 12.4. The fraction of sp³-hybridized carbons (Fsp3) is 0.111. The van der Waals surface area contributed by atoms with Gasteiger partial charge in [0.2, 0.25) is 0 Å². The van der Waals surface area contributed by atoms with Gasteiger partial charge in [-0.3, -0.25) is 14.9 Å². The summed E-state index contributed by atoms with van der Waals surface area (Å²) < 4.78 is 1.28. The van der Waals surface area contributed by atoms with E-state index < -0.39 is 10.8 Å². The number of nitrogens with zero attached hydrogens (tertiary/aromatic N) is 5. The minimum atomic E-state index is -0.553. The van der Waals surface area contributed by atoms with Crippen LogP contribution in [0.25, 0.3) is 16.7 Å². The van der Waals surface area contributed by atoms with Gasteiger partial charge in [-0.2, -0.15) is 5.10 Å². The monoisotopic (exact) mass is 377 g/mol. The Morgan fingerprint density at radius 2 is 2.11 bits per heavy atom. The van der Waals surface area contributed by atoms with Crippen LogP contribution in [-0.2, 0) is 6.42 Å². The van der Waals surface area contributed by atoms with Crippen LogP contribution < -0.4 is 5.32 Å². The maximum atomic E-state index is 12.4. The van der Waals surface area contributed by atoms with E-state index in [0.717, 1.165) is 16.9 Å². The maximum Gasteiger partial charge on any atom is 0.295 e. The molecule has 0 spiro atoms. The Bertz CT molecular complexity index is 1120. The summed E-state index contributed by atoms with van der Waals surface area (Å²) in [6.07, 6.45) is 3.15. The van der Waals surface area contributed by atoms with Crippen LogP contribution in [0.1, 0.15) is 16.2 Å². The zero-order valence-electron chi connectivity index (χ0n) is 14.6. The topological polar surface area (TPSA) is 132 Å². The molecule has 0 fully saturated rings. The molecule has 4 rings (SSSR count). The Labute approximate surface area is 158 Å². The second kappa shape index (κ2) is 7.27. The molecule has 4 aromatic rings. The summed E-state index contributed by atoms with van der Waals surface area (Å²) in [5, 5.41) is 18.0. The lowest BCUT2D eigenvalue weighted by Gasteiger charge is -2.07. The third kappa shape index (κ3) is 3.43. The average molecular weight is 377 g/mol. The van der Waals surface area contributed by atoms with Gasteiger partial charge in [0.05, 0.1) is 16.0 Å². The number of nitrogens with one attached hydrogen (secondary N) is 2. The van der Waals surface area contributed by atoms with E-state index in [4.69, 9.17) is 0 Å². The predicted molar refractivity (Wildman–Crippen MR) is 100 cm³/mol. The predicted octanol–water partition coefficient (Wildman–Crippen LogP) is 2.02. The van der Waals surface area contributed by atoms with Gasteiger partial charge in [0.15, 0.2) is 0 Å². The number of hydrogen-bond acceptors (Lipinski definition) is 6. The number of amides is 1. The van der Waals surface area contributed by atoms with Crippen molar-refractivity contribution in [2.45, 2.75) is 6.42 Å². The van der Waals surface area contributed by atoms with Crippen molar-refractivity contribution < 1.29 is 9.72 Å². The molecule has 2 heterocycles. The Kier molecular flexibility index (Phi) is 4.50. The van der Waals surface area contributed by atoms with Crippen LogP contribution in [0, 0.1) is 10.1 Å². The Morgan fingerprint density at radius 3 is 2.86 bits per heavy atom. The minimum Gasteiger partial charge on any atom is -0.352 e. The largest absolute Gasteiger partial charge is 0.352 e. The molecule has 0 radical (unpaired) electrons. The van der Waals surface area contributed by atoms with Gasteiger partial charge < -0.3 is 10.3 Å². The highest BCUT2D eigenvalue weighted by molar-refractivity contribution is 5.95. The third-order valence-corrected chi connectivity index (χ3v) is 4.19. The smallest absolute Gasteiger partial charge is 0.295 e. The number of nitro groups is 1. The third-order valence-electron chi connectivity index (χ3n) is 4.19. The molecule has 2 N–H and O–H groups in total. The molecule has 10 nitrogen and oxygen atoms in total. The fourth-order valence-electron chi connectivity index (χ4n) is 2.86. The first kappa shape index (κ1) is 17.3. The van der Waals surface area contributed by atoms with Gasteiger partial charge in [-0.15, -0.1) is 0 Å². The number of nitro benzene ring substituents is 1. The van der Waals surface area contributed by atoms with Gasteiger partial charge in [0, 0.05) is 24.6 Å². The van der Waals surface area contributed by atoms with E-state index >= 15 is 0 Å². The van der Waals surface area contributed by atoms with E-state index in [9.17, 15) is 14.9 Å². The number of para-hydroxylation sites is 2. The van der Waals surface area contributed by atoms with Gasteiger partial charge in [0.25, 0.3) is 11.6 Å². The molecule has 0 saturated carbocycles. The first-order chi connectivity index (χ1) is 13.6. The van der Waals surface area contributed by atoms with Crippen molar-refractivity contribution in [3.05, 3.63) is 76.6 Å². The molecule has 28 heavy (non-hydrogen) atoms. The van der Waals surface area contributed by atoms with Crippen LogP contribution in [0.15, 0.2) is 55.1 Å². The van der Waals surface area contributed by atoms with Gasteiger partial charge >= 0.3 is 0 Å². The first-order valence-electron chi connectivity index (χ1n) is 8.47. The number of aromatic nitrogens is 5. The van der Waals surface area contributed by atoms with Crippen LogP contribution >= 0.6 is 0 Å².